The fraction of sp³-hybridized carbons (Fsp3) is 0.333. The first kappa shape index (κ1) is 31.3. The topological polar surface area (TPSA) is 111 Å². The second-order valence-electron chi connectivity index (χ2n) is 11.7. The number of carbonyl (C=O) groups is 2. The van der Waals surface area contributed by atoms with Gasteiger partial charge in [-0.2, -0.15) is 13.2 Å². The number of amides is 1. The number of fused-ring (bicyclic) bond motifs is 2. The van der Waals surface area contributed by atoms with Gasteiger partial charge >= 0.3 is 6.18 Å². The number of hydrogen-bond acceptors (Lipinski definition) is 7. The fourth-order valence-corrected chi connectivity index (χ4v) is 5.38. The average Bonchev–Trinajstić information content (AvgIpc) is 3.75. The first-order chi connectivity index (χ1) is 21.8. The van der Waals surface area contributed by atoms with Crippen LogP contribution in [0.4, 0.5) is 22.0 Å². The normalized spacial score (nSPS) is 18.9. The molecule has 46 heavy (non-hydrogen) atoms. The zero-order valence-electron chi connectivity index (χ0n) is 24.7. The van der Waals surface area contributed by atoms with Gasteiger partial charge in [-0.05, 0) is 80.8 Å². The van der Waals surface area contributed by atoms with E-state index in [-0.39, 0.29) is 34.2 Å². The van der Waals surface area contributed by atoms with E-state index in [0.29, 0.717) is 16.7 Å². The van der Waals surface area contributed by atoms with Gasteiger partial charge in [-0.15, -0.1) is 0 Å². The van der Waals surface area contributed by atoms with E-state index < -0.39 is 60.2 Å². The Labute approximate surface area is 259 Å². The van der Waals surface area contributed by atoms with E-state index in [1.165, 1.54) is 24.3 Å². The van der Waals surface area contributed by atoms with Crippen molar-refractivity contribution in [1.29, 1.82) is 0 Å². The van der Waals surface area contributed by atoms with Crippen LogP contribution >= 0.6 is 0 Å². The van der Waals surface area contributed by atoms with Gasteiger partial charge in [0.1, 0.15) is 53.0 Å². The Balaban J connectivity index is 1.42. The number of hydrogen-bond donors (Lipinski definition) is 2. The van der Waals surface area contributed by atoms with Crippen LogP contribution < -0.4 is 14.8 Å². The monoisotopic (exact) mass is 641 g/mol. The van der Waals surface area contributed by atoms with Gasteiger partial charge in [0.2, 0.25) is 5.60 Å². The van der Waals surface area contributed by atoms with Crippen molar-refractivity contribution in [1.82, 2.24) is 15.3 Å². The molecule has 1 saturated carbocycles. The summed E-state index contributed by atoms with van der Waals surface area (Å²) in [5.41, 5.74) is -5.97. The Bertz CT molecular complexity index is 1860. The van der Waals surface area contributed by atoms with Crippen molar-refractivity contribution in [3.63, 3.8) is 0 Å². The molecule has 1 aliphatic carbocycles. The lowest BCUT2D eigenvalue weighted by Gasteiger charge is -2.31. The molecule has 4 aromatic rings. The molecular weight excluding hydrogens is 613 g/mol. The second kappa shape index (κ2) is 11.3. The quantitative estimate of drug-likeness (QED) is 0.227. The molecule has 240 valence electrons. The molecule has 2 aliphatic rings. The number of aromatic nitrogens is 2. The van der Waals surface area contributed by atoms with Crippen LogP contribution in [0, 0.1) is 12.7 Å². The number of aryl methyl sites for hydroxylation is 1. The third kappa shape index (κ3) is 5.42. The Morgan fingerprint density at radius 2 is 1.85 bits per heavy atom. The average molecular weight is 642 g/mol. The highest BCUT2D eigenvalue weighted by molar-refractivity contribution is 6.00. The molecular formula is C33H28F5N3O5. The number of aliphatic hydroxyl groups is 1. The third-order valence-electron chi connectivity index (χ3n) is 8.33. The van der Waals surface area contributed by atoms with E-state index in [9.17, 15) is 36.6 Å². The van der Waals surface area contributed by atoms with Crippen LogP contribution in [0.2, 0.25) is 0 Å². The Morgan fingerprint density at radius 3 is 2.48 bits per heavy atom. The number of carbonyl (C=O) groups excluding carboxylic acids is 2. The number of nitrogens with zero attached hydrogens (tertiary/aromatic N) is 2. The van der Waals surface area contributed by atoms with Gasteiger partial charge < -0.3 is 19.9 Å². The van der Waals surface area contributed by atoms with Crippen LogP contribution in [0.15, 0.2) is 54.7 Å². The number of rotatable bonds is 9. The summed E-state index contributed by atoms with van der Waals surface area (Å²) >= 11 is 0. The Morgan fingerprint density at radius 1 is 1.13 bits per heavy atom. The standard InChI is InChI=1S/C33H28F5N3O5/c1-17-9-20-10-21(11-25(27(20)39-13-17)46-23-7-8-23)30(43)40-15-32(44,33(36,37)38)26-12-24-29(45-16-31(24,14-34)18(2)42)28(41-26)19-3-5-22(35)6-4-19/h3-6,9-13,23,44H,7-8,14-16H2,1-2H3,(H,40,43)/t31-,32+/m1/s1. The van der Waals surface area contributed by atoms with E-state index in [4.69, 9.17) is 9.47 Å². The van der Waals surface area contributed by atoms with Crippen molar-refractivity contribution in [2.75, 3.05) is 19.8 Å². The van der Waals surface area contributed by atoms with Crippen LogP contribution in [-0.2, 0) is 15.8 Å². The number of pyridine rings is 2. The van der Waals surface area contributed by atoms with Gasteiger partial charge in [0.05, 0.1) is 18.3 Å². The molecule has 0 bridgehead atoms. The Hall–Kier alpha value is -4.65. The van der Waals surface area contributed by atoms with E-state index >= 15 is 0 Å². The molecule has 0 saturated heterocycles. The van der Waals surface area contributed by atoms with Crippen molar-refractivity contribution in [3.8, 4) is 22.8 Å². The summed E-state index contributed by atoms with van der Waals surface area (Å²) in [5, 5.41) is 14.0. The van der Waals surface area contributed by atoms with Crippen molar-refractivity contribution >= 4 is 22.6 Å². The van der Waals surface area contributed by atoms with Gasteiger partial charge in [0, 0.05) is 28.3 Å². The summed E-state index contributed by atoms with van der Waals surface area (Å²) in [5.74, 6) is -2.17. The molecule has 3 heterocycles. The molecule has 1 fully saturated rings. The molecule has 0 spiro atoms. The minimum atomic E-state index is -5.42. The first-order valence-corrected chi connectivity index (χ1v) is 14.4. The van der Waals surface area contributed by atoms with Crippen LogP contribution in [0.3, 0.4) is 0 Å². The lowest BCUT2D eigenvalue weighted by molar-refractivity contribution is -0.265. The van der Waals surface area contributed by atoms with Gasteiger partial charge in [-0.25, -0.2) is 13.8 Å². The molecule has 0 unspecified atom stereocenters. The smallest absolute Gasteiger partial charge is 0.424 e. The van der Waals surface area contributed by atoms with Gasteiger partial charge in [0.25, 0.3) is 5.91 Å². The van der Waals surface area contributed by atoms with Crippen molar-refractivity contribution in [2.45, 2.75) is 50.0 Å². The highest BCUT2D eigenvalue weighted by Gasteiger charge is 2.58. The molecule has 2 atom stereocenters. The van der Waals surface area contributed by atoms with Crippen LogP contribution in [-0.4, -0.2) is 58.9 Å². The van der Waals surface area contributed by atoms with E-state index in [1.807, 2.05) is 0 Å². The molecule has 2 aromatic carbocycles. The van der Waals surface area contributed by atoms with Gasteiger partial charge in [-0.1, -0.05) is 0 Å². The zero-order valence-corrected chi connectivity index (χ0v) is 24.7. The van der Waals surface area contributed by atoms with Crippen molar-refractivity contribution < 1.29 is 46.1 Å². The SMILES string of the molecule is CC(=O)[C@@]1(CF)COc2c1cc([C@@](O)(CNC(=O)c1cc(OC3CC3)c3ncc(C)cc3c1)C(F)(F)F)nc2-c1ccc(F)cc1. The molecule has 1 aliphatic heterocycles. The molecule has 13 heteroatoms. The number of benzene rings is 2. The summed E-state index contributed by atoms with van der Waals surface area (Å²) in [7, 11) is 0. The molecule has 8 nitrogen and oxygen atoms in total. The summed E-state index contributed by atoms with van der Waals surface area (Å²) in [6, 6.07) is 9.89. The maximum atomic E-state index is 14.8. The largest absolute Gasteiger partial charge is 0.489 e. The number of nitrogens with one attached hydrogen (secondary N) is 1. The van der Waals surface area contributed by atoms with Crippen LogP contribution in [0.25, 0.3) is 22.2 Å². The maximum Gasteiger partial charge on any atom is 0.424 e. The lowest BCUT2D eigenvalue weighted by Crippen LogP contribution is -2.51. The van der Waals surface area contributed by atoms with E-state index in [0.717, 1.165) is 43.5 Å². The van der Waals surface area contributed by atoms with Crippen molar-refractivity contribution in [2.24, 2.45) is 0 Å². The molecule has 2 aromatic heterocycles. The van der Waals surface area contributed by atoms with Gasteiger partial charge in [0.15, 0.2) is 0 Å². The van der Waals surface area contributed by atoms with Crippen LogP contribution in [0.5, 0.6) is 11.5 Å². The molecule has 6 rings (SSSR count). The summed E-state index contributed by atoms with van der Waals surface area (Å²) in [4.78, 5) is 34.4. The van der Waals surface area contributed by atoms with Gasteiger partial charge in [-0.3, -0.25) is 14.6 Å². The molecule has 0 radical (unpaired) electrons. The van der Waals surface area contributed by atoms with Crippen LogP contribution in [0.1, 0.15) is 46.9 Å². The highest BCUT2D eigenvalue weighted by Crippen LogP contribution is 2.48. The summed E-state index contributed by atoms with van der Waals surface area (Å²) in [6.45, 7) is -0.340. The molecule has 1 amide bonds. The summed E-state index contributed by atoms with van der Waals surface area (Å²) in [6.07, 6.45) is -2.22. The Kier molecular flexibility index (Phi) is 7.70. The summed E-state index contributed by atoms with van der Waals surface area (Å²) < 4.78 is 84.1. The zero-order chi connectivity index (χ0) is 33.0. The number of halogens is 5. The van der Waals surface area contributed by atoms with E-state index in [2.05, 4.69) is 15.3 Å². The van der Waals surface area contributed by atoms with Crippen molar-refractivity contribution in [3.05, 3.63) is 82.9 Å². The van der Waals surface area contributed by atoms with E-state index in [1.54, 1.807) is 19.2 Å². The maximum absolute atomic E-state index is 14.8. The fourth-order valence-electron chi connectivity index (χ4n) is 5.38. The third-order valence-corrected chi connectivity index (χ3v) is 8.33. The number of ketones is 1. The number of ether oxygens (including phenoxy) is 2. The number of alkyl halides is 4. The second-order valence-corrected chi connectivity index (χ2v) is 11.7. The lowest BCUT2D eigenvalue weighted by atomic mass is 9.78. The molecule has 2 N–H and O–H groups in total. The first-order valence-electron chi connectivity index (χ1n) is 14.4. The highest BCUT2D eigenvalue weighted by atomic mass is 19.4. The minimum absolute atomic E-state index is 0.0320. The predicted octanol–water partition coefficient (Wildman–Crippen LogP) is 5.65. The number of Topliss-reactive ketones (excluding diaryl/α,β-unsaturated/α-hetero) is 1. The minimum Gasteiger partial charge on any atom is -0.489 e. The predicted molar refractivity (Wildman–Crippen MR) is 156 cm³/mol.